The molecule has 126 valence electrons. The van der Waals surface area contributed by atoms with Gasteiger partial charge in [0.2, 0.25) is 5.91 Å². The fraction of sp³-hybridized carbons (Fsp3) is 0.611. The van der Waals surface area contributed by atoms with Crippen molar-refractivity contribution >= 4 is 5.91 Å². The van der Waals surface area contributed by atoms with Crippen molar-refractivity contribution in [3.05, 3.63) is 23.8 Å². The fourth-order valence-electron chi connectivity index (χ4n) is 3.20. The Kier molecular flexibility index (Phi) is 5.39. The first kappa shape index (κ1) is 16.1. The fourth-order valence-corrected chi connectivity index (χ4v) is 3.20. The van der Waals surface area contributed by atoms with Crippen LogP contribution in [-0.4, -0.2) is 49.7 Å². The molecule has 2 heterocycles. The number of piperidine rings is 1. The van der Waals surface area contributed by atoms with E-state index in [2.05, 4.69) is 17.1 Å². The van der Waals surface area contributed by atoms with Crippen LogP contribution in [-0.2, 0) is 11.2 Å². The molecule has 0 aromatic heterocycles. The first-order valence-corrected chi connectivity index (χ1v) is 8.61. The van der Waals surface area contributed by atoms with E-state index < -0.39 is 0 Å². The molecular formula is C18H26N2O3. The van der Waals surface area contributed by atoms with Gasteiger partial charge in [-0.1, -0.05) is 12.5 Å². The van der Waals surface area contributed by atoms with Crippen molar-refractivity contribution < 1.29 is 14.3 Å². The van der Waals surface area contributed by atoms with Gasteiger partial charge < -0.3 is 14.8 Å². The van der Waals surface area contributed by atoms with Gasteiger partial charge in [-0.15, -0.1) is 0 Å². The molecule has 0 spiro atoms. The highest BCUT2D eigenvalue weighted by atomic mass is 16.6. The van der Waals surface area contributed by atoms with Gasteiger partial charge in [-0.25, -0.2) is 0 Å². The Hall–Kier alpha value is -1.75. The second kappa shape index (κ2) is 7.68. The minimum absolute atomic E-state index is 0.0607. The Bertz CT molecular complexity index is 541. The molecule has 1 aromatic rings. The number of hydrogen-bond acceptors (Lipinski definition) is 4. The number of nitrogens with one attached hydrogen (secondary N) is 1. The molecule has 3 rings (SSSR count). The number of carbonyl (C=O) groups is 1. The maximum Gasteiger partial charge on any atom is 0.224 e. The molecular weight excluding hydrogens is 292 g/mol. The summed E-state index contributed by atoms with van der Waals surface area (Å²) in [5.41, 5.74) is 0.956. The summed E-state index contributed by atoms with van der Waals surface area (Å²) >= 11 is 0. The molecule has 1 atom stereocenters. The van der Waals surface area contributed by atoms with Crippen LogP contribution in [0.1, 0.15) is 31.7 Å². The summed E-state index contributed by atoms with van der Waals surface area (Å²) in [6, 6.07) is 6.12. The maximum absolute atomic E-state index is 12.2. The van der Waals surface area contributed by atoms with Crippen LogP contribution in [0.4, 0.5) is 0 Å². The van der Waals surface area contributed by atoms with E-state index in [1.54, 1.807) is 0 Å². The lowest BCUT2D eigenvalue weighted by molar-refractivity contribution is -0.120. The Morgan fingerprint density at radius 2 is 1.91 bits per heavy atom. The lowest BCUT2D eigenvalue weighted by Gasteiger charge is -2.32. The molecule has 1 fully saturated rings. The number of likely N-dealkylation sites (tertiary alicyclic amines) is 1. The van der Waals surface area contributed by atoms with Crippen molar-refractivity contribution in [2.24, 2.45) is 0 Å². The molecule has 5 nitrogen and oxygen atoms in total. The highest BCUT2D eigenvalue weighted by Gasteiger charge is 2.17. The summed E-state index contributed by atoms with van der Waals surface area (Å²) in [5, 5.41) is 3.06. The number of hydrogen-bond donors (Lipinski definition) is 1. The van der Waals surface area contributed by atoms with Crippen LogP contribution in [0, 0.1) is 0 Å². The van der Waals surface area contributed by atoms with Gasteiger partial charge in [-0.2, -0.15) is 0 Å². The Morgan fingerprint density at radius 1 is 1.17 bits per heavy atom. The topological polar surface area (TPSA) is 50.8 Å². The second-order valence-corrected chi connectivity index (χ2v) is 6.40. The Morgan fingerprint density at radius 3 is 2.70 bits per heavy atom. The molecule has 5 heteroatoms. The summed E-state index contributed by atoms with van der Waals surface area (Å²) in [4.78, 5) is 14.6. The first-order chi connectivity index (χ1) is 11.2. The SMILES string of the molecule is CC(CNC(=O)Cc1ccc2c(c1)OCCO2)N1CCCCC1. The Labute approximate surface area is 137 Å². The highest BCUT2D eigenvalue weighted by molar-refractivity contribution is 5.78. The van der Waals surface area contributed by atoms with Crippen LogP contribution in [0.25, 0.3) is 0 Å². The quantitative estimate of drug-likeness (QED) is 0.902. The van der Waals surface area contributed by atoms with E-state index >= 15 is 0 Å². The highest BCUT2D eigenvalue weighted by Crippen LogP contribution is 2.30. The second-order valence-electron chi connectivity index (χ2n) is 6.40. The number of ether oxygens (including phenoxy) is 2. The van der Waals surface area contributed by atoms with Crippen molar-refractivity contribution in [1.29, 1.82) is 0 Å². The standard InChI is InChI=1S/C18H26N2O3/c1-14(20-7-3-2-4-8-20)13-19-18(21)12-15-5-6-16-17(11-15)23-10-9-22-16/h5-6,11,14H,2-4,7-10,12-13H2,1H3,(H,19,21). The monoisotopic (exact) mass is 318 g/mol. The zero-order valence-corrected chi connectivity index (χ0v) is 13.8. The number of benzene rings is 1. The van der Waals surface area contributed by atoms with Gasteiger partial charge in [0, 0.05) is 12.6 Å². The summed E-state index contributed by atoms with van der Waals surface area (Å²) in [7, 11) is 0. The predicted octanol–water partition coefficient (Wildman–Crippen LogP) is 1.99. The molecule has 1 unspecified atom stereocenters. The predicted molar refractivity (Wildman–Crippen MR) is 89.0 cm³/mol. The van der Waals surface area contributed by atoms with Gasteiger partial charge in [0.25, 0.3) is 0 Å². The third kappa shape index (κ3) is 4.38. The summed E-state index contributed by atoms with van der Waals surface area (Å²) in [6.45, 7) is 6.36. The van der Waals surface area contributed by atoms with E-state index in [0.29, 0.717) is 32.2 Å². The van der Waals surface area contributed by atoms with E-state index in [-0.39, 0.29) is 5.91 Å². The summed E-state index contributed by atoms with van der Waals surface area (Å²) in [6.07, 6.45) is 4.26. The van der Waals surface area contributed by atoms with Gasteiger partial charge in [0.15, 0.2) is 11.5 Å². The van der Waals surface area contributed by atoms with E-state index in [1.165, 1.54) is 19.3 Å². The number of rotatable bonds is 5. The largest absolute Gasteiger partial charge is 0.486 e. The van der Waals surface area contributed by atoms with Gasteiger partial charge in [-0.3, -0.25) is 9.69 Å². The number of nitrogens with zero attached hydrogens (tertiary/aromatic N) is 1. The van der Waals surface area contributed by atoms with Crippen molar-refractivity contribution in [3.8, 4) is 11.5 Å². The van der Waals surface area contributed by atoms with Crippen LogP contribution < -0.4 is 14.8 Å². The molecule has 0 saturated carbocycles. The van der Waals surface area contributed by atoms with Crippen LogP contribution in [0.15, 0.2) is 18.2 Å². The van der Waals surface area contributed by atoms with Crippen molar-refractivity contribution in [2.45, 2.75) is 38.6 Å². The molecule has 1 N–H and O–H groups in total. The van der Waals surface area contributed by atoms with Crippen LogP contribution >= 0.6 is 0 Å². The van der Waals surface area contributed by atoms with Crippen LogP contribution in [0.2, 0.25) is 0 Å². The molecule has 1 amide bonds. The molecule has 1 aromatic carbocycles. The molecule has 1 saturated heterocycles. The van der Waals surface area contributed by atoms with Gasteiger partial charge in [0.05, 0.1) is 6.42 Å². The smallest absolute Gasteiger partial charge is 0.224 e. The lowest BCUT2D eigenvalue weighted by atomic mass is 10.1. The molecule has 2 aliphatic heterocycles. The third-order valence-electron chi connectivity index (χ3n) is 4.58. The number of fused-ring (bicyclic) bond motifs is 1. The van der Waals surface area contributed by atoms with Gasteiger partial charge >= 0.3 is 0 Å². The third-order valence-corrected chi connectivity index (χ3v) is 4.58. The zero-order chi connectivity index (χ0) is 16.1. The minimum atomic E-state index is 0.0607. The van der Waals surface area contributed by atoms with E-state index in [4.69, 9.17) is 9.47 Å². The van der Waals surface area contributed by atoms with Crippen LogP contribution in [0.3, 0.4) is 0 Å². The number of amides is 1. The average molecular weight is 318 g/mol. The van der Waals surface area contributed by atoms with Crippen LogP contribution in [0.5, 0.6) is 11.5 Å². The van der Waals surface area contributed by atoms with E-state index in [0.717, 1.165) is 30.2 Å². The van der Waals surface area contributed by atoms with Gasteiger partial charge in [0.1, 0.15) is 13.2 Å². The van der Waals surface area contributed by atoms with Crippen molar-refractivity contribution in [1.82, 2.24) is 10.2 Å². The minimum Gasteiger partial charge on any atom is -0.486 e. The lowest BCUT2D eigenvalue weighted by Crippen LogP contribution is -2.44. The Balaban J connectivity index is 1.47. The molecule has 0 aliphatic carbocycles. The molecule has 0 bridgehead atoms. The van der Waals surface area contributed by atoms with E-state index in [9.17, 15) is 4.79 Å². The average Bonchev–Trinajstić information content (AvgIpc) is 2.60. The van der Waals surface area contributed by atoms with Gasteiger partial charge in [-0.05, 0) is 50.6 Å². The van der Waals surface area contributed by atoms with E-state index in [1.807, 2.05) is 18.2 Å². The first-order valence-electron chi connectivity index (χ1n) is 8.61. The normalized spacial score (nSPS) is 19.2. The summed E-state index contributed by atoms with van der Waals surface area (Å²) < 4.78 is 11.1. The van der Waals surface area contributed by atoms with Crippen molar-refractivity contribution in [3.63, 3.8) is 0 Å². The molecule has 2 aliphatic rings. The molecule has 23 heavy (non-hydrogen) atoms. The zero-order valence-electron chi connectivity index (χ0n) is 13.8. The maximum atomic E-state index is 12.2. The number of carbonyl (C=O) groups excluding carboxylic acids is 1. The summed E-state index contributed by atoms with van der Waals surface area (Å²) in [5.74, 6) is 1.56. The molecule has 0 radical (unpaired) electrons. The van der Waals surface area contributed by atoms with Crippen molar-refractivity contribution in [2.75, 3.05) is 32.8 Å².